The smallest absolute Gasteiger partial charge is 0.241 e. The van der Waals surface area contributed by atoms with Crippen LogP contribution in [0.5, 0.6) is 0 Å². The molecule has 1 atom stereocenters. The SMILES string of the molecule is C[C@H](NS(=O)(=O)c1ccccc1)C(=O)N(Cc1c(F)cccc1Cl)C1CC1. The average molecular weight is 411 g/mol. The quantitative estimate of drug-likeness (QED) is 0.761. The van der Waals surface area contributed by atoms with E-state index in [0.29, 0.717) is 0 Å². The topological polar surface area (TPSA) is 66.5 Å². The van der Waals surface area contributed by atoms with E-state index < -0.39 is 27.8 Å². The molecule has 0 aromatic heterocycles. The summed E-state index contributed by atoms with van der Waals surface area (Å²) in [5, 5.41) is 0.242. The van der Waals surface area contributed by atoms with Crippen molar-refractivity contribution in [2.75, 3.05) is 0 Å². The fourth-order valence-corrected chi connectivity index (χ4v) is 4.27. The fourth-order valence-electron chi connectivity index (χ4n) is 2.83. The maximum absolute atomic E-state index is 14.1. The van der Waals surface area contributed by atoms with Gasteiger partial charge < -0.3 is 4.90 Å². The lowest BCUT2D eigenvalue weighted by Gasteiger charge is -2.27. The second-order valence-corrected chi connectivity index (χ2v) is 8.67. The number of halogens is 2. The van der Waals surface area contributed by atoms with Crippen molar-refractivity contribution in [1.82, 2.24) is 9.62 Å². The lowest BCUT2D eigenvalue weighted by Crippen LogP contribution is -2.47. The van der Waals surface area contributed by atoms with Crippen LogP contribution in [-0.2, 0) is 21.4 Å². The zero-order valence-corrected chi connectivity index (χ0v) is 16.3. The lowest BCUT2D eigenvalue weighted by molar-refractivity contribution is -0.133. The van der Waals surface area contributed by atoms with E-state index in [-0.39, 0.29) is 28.1 Å². The van der Waals surface area contributed by atoms with Crippen LogP contribution in [0.15, 0.2) is 53.4 Å². The number of rotatable bonds is 7. The molecule has 27 heavy (non-hydrogen) atoms. The van der Waals surface area contributed by atoms with Crippen LogP contribution in [0.2, 0.25) is 5.02 Å². The third-order valence-corrected chi connectivity index (χ3v) is 6.33. The molecule has 0 radical (unpaired) electrons. The van der Waals surface area contributed by atoms with E-state index in [1.807, 2.05) is 0 Å². The Bertz CT molecular complexity index is 913. The molecule has 2 aromatic carbocycles. The molecule has 144 valence electrons. The molecule has 0 aliphatic heterocycles. The number of nitrogens with zero attached hydrogens (tertiary/aromatic N) is 1. The molecule has 2 aromatic rings. The van der Waals surface area contributed by atoms with E-state index in [2.05, 4.69) is 4.72 Å². The Morgan fingerprint density at radius 3 is 2.48 bits per heavy atom. The Morgan fingerprint density at radius 2 is 1.89 bits per heavy atom. The van der Waals surface area contributed by atoms with Crippen LogP contribution in [0.3, 0.4) is 0 Å². The standard InChI is InChI=1S/C19H20ClFN2O3S/c1-13(22-27(25,26)15-6-3-2-4-7-15)19(24)23(14-10-11-14)12-16-17(20)8-5-9-18(16)21/h2-9,13-14,22H,10-12H2,1H3/t13-/m0/s1. The van der Waals surface area contributed by atoms with Crippen molar-refractivity contribution in [3.63, 3.8) is 0 Å². The summed E-state index contributed by atoms with van der Waals surface area (Å²) in [4.78, 5) is 14.5. The van der Waals surface area contributed by atoms with Gasteiger partial charge in [-0.3, -0.25) is 4.79 Å². The number of nitrogens with one attached hydrogen (secondary N) is 1. The first-order valence-electron chi connectivity index (χ1n) is 8.60. The molecule has 1 aliphatic carbocycles. The molecule has 1 amide bonds. The molecule has 8 heteroatoms. The summed E-state index contributed by atoms with van der Waals surface area (Å²) in [5.41, 5.74) is 0.234. The van der Waals surface area contributed by atoms with Crippen molar-refractivity contribution in [1.29, 1.82) is 0 Å². The van der Waals surface area contributed by atoms with Gasteiger partial charge in [0.15, 0.2) is 0 Å². The number of amides is 1. The molecule has 3 rings (SSSR count). The van der Waals surface area contributed by atoms with Gasteiger partial charge in [-0.25, -0.2) is 12.8 Å². The van der Waals surface area contributed by atoms with E-state index in [4.69, 9.17) is 11.6 Å². The first-order valence-corrected chi connectivity index (χ1v) is 10.5. The van der Waals surface area contributed by atoms with E-state index >= 15 is 0 Å². The van der Waals surface area contributed by atoms with Gasteiger partial charge >= 0.3 is 0 Å². The summed E-state index contributed by atoms with van der Waals surface area (Å²) >= 11 is 6.08. The second-order valence-electron chi connectivity index (χ2n) is 6.55. The molecule has 0 unspecified atom stereocenters. The number of sulfonamides is 1. The third kappa shape index (κ3) is 4.66. The van der Waals surface area contributed by atoms with Gasteiger partial charge in [-0.15, -0.1) is 0 Å². The Morgan fingerprint density at radius 1 is 1.22 bits per heavy atom. The second kappa shape index (κ2) is 7.96. The van der Waals surface area contributed by atoms with E-state index in [9.17, 15) is 17.6 Å². The number of benzene rings is 2. The monoisotopic (exact) mass is 410 g/mol. The van der Waals surface area contributed by atoms with Gasteiger partial charge in [0, 0.05) is 16.6 Å². The summed E-state index contributed by atoms with van der Waals surface area (Å²) in [7, 11) is -3.83. The molecule has 5 nitrogen and oxygen atoms in total. The van der Waals surface area contributed by atoms with Crippen LogP contribution in [0, 0.1) is 5.82 Å². The fraction of sp³-hybridized carbons (Fsp3) is 0.316. The molecule has 0 spiro atoms. The largest absolute Gasteiger partial charge is 0.334 e. The van der Waals surface area contributed by atoms with Crippen molar-refractivity contribution in [3.05, 3.63) is 64.9 Å². The van der Waals surface area contributed by atoms with Crippen LogP contribution >= 0.6 is 11.6 Å². The Labute approximate surface area is 163 Å². The van der Waals surface area contributed by atoms with Crippen molar-refractivity contribution in [3.8, 4) is 0 Å². The van der Waals surface area contributed by atoms with E-state index in [1.165, 1.54) is 36.1 Å². The lowest BCUT2D eigenvalue weighted by atomic mass is 10.1. The molecular weight excluding hydrogens is 391 g/mol. The molecule has 0 saturated heterocycles. The highest BCUT2D eigenvalue weighted by atomic mass is 35.5. The van der Waals surface area contributed by atoms with E-state index in [1.54, 1.807) is 24.3 Å². The molecule has 1 saturated carbocycles. The molecule has 1 aliphatic rings. The highest BCUT2D eigenvalue weighted by Crippen LogP contribution is 2.31. The minimum Gasteiger partial charge on any atom is -0.334 e. The highest BCUT2D eigenvalue weighted by Gasteiger charge is 2.36. The number of carbonyl (C=O) groups excluding carboxylic acids is 1. The minimum absolute atomic E-state index is 0.00636. The van der Waals surface area contributed by atoms with Gasteiger partial charge in [-0.1, -0.05) is 35.9 Å². The maximum atomic E-state index is 14.1. The van der Waals surface area contributed by atoms with Gasteiger partial charge in [0.1, 0.15) is 5.82 Å². The summed E-state index contributed by atoms with van der Waals surface area (Å²) in [6.45, 7) is 1.49. The number of hydrogen-bond donors (Lipinski definition) is 1. The van der Waals surface area contributed by atoms with Gasteiger partial charge in [0.25, 0.3) is 0 Å². The Hall–Kier alpha value is -1.96. The van der Waals surface area contributed by atoms with Crippen molar-refractivity contribution in [2.24, 2.45) is 0 Å². The zero-order chi connectivity index (χ0) is 19.6. The summed E-state index contributed by atoms with van der Waals surface area (Å²) < 4.78 is 41.4. The normalized spacial score (nSPS) is 15.4. The van der Waals surface area contributed by atoms with Gasteiger partial charge in [-0.05, 0) is 44.0 Å². The van der Waals surface area contributed by atoms with Crippen molar-refractivity contribution >= 4 is 27.5 Å². The summed E-state index contributed by atoms with van der Waals surface area (Å²) in [5.74, 6) is -0.894. The molecule has 0 bridgehead atoms. The number of carbonyl (C=O) groups is 1. The van der Waals surface area contributed by atoms with Crippen LogP contribution in [0.4, 0.5) is 4.39 Å². The van der Waals surface area contributed by atoms with Crippen LogP contribution < -0.4 is 4.72 Å². The molecule has 0 heterocycles. The van der Waals surface area contributed by atoms with E-state index in [0.717, 1.165) is 12.8 Å². The summed E-state index contributed by atoms with van der Waals surface area (Å²) in [6.07, 6.45) is 1.60. The third-order valence-electron chi connectivity index (χ3n) is 4.42. The van der Waals surface area contributed by atoms with Gasteiger partial charge in [0.05, 0.1) is 17.5 Å². The van der Waals surface area contributed by atoms with Crippen molar-refractivity contribution in [2.45, 2.75) is 43.3 Å². The first-order chi connectivity index (χ1) is 12.8. The predicted octanol–water partition coefficient (Wildman–Crippen LogP) is 3.34. The highest BCUT2D eigenvalue weighted by molar-refractivity contribution is 7.89. The Balaban J connectivity index is 1.77. The maximum Gasteiger partial charge on any atom is 0.241 e. The molecule has 1 fully saturated rings. The minimum atomic E-state index is -3.83. The van der Waals surface area contributed by atoms with Gasteiger partial charge in [0.2, 0.25) is 15.9 Å². The first kappa shape index (κ1) is 19.8. The summed E-state index contributed by atoms with van der Waals surface area (Å²) in [6, 6.07) is 11.2. The Kier molecular flexibility index (Phi) is 5.83. The van der Waals surface area contributed by atoms with Gasteiger partial charge in [-0.2, -0.15) is 4.72 Å². The van der Waals surface area contributed by atoms with Crippen LogP contribution in [-0.4, -0.2) is 31.3 Å². The van der Waals surface area contributed by atoms with Crippen molar-refractivity contribution < 1.29 is 17.6 Å². The number of hydrogen-bond acceptors (Lipinski definition) is 3. The average Bonchev–Trinajstić information content (AvgIpc) is 3.46. The molecular formula is C19H20ClFN2O3S. The zero-order valence-electron chi connectivity index (χ0n) is 14.7. The van der Waals surface area contributed by atoms with Crippen LogP contribution in [0.1, 0.15) is 25.3 Å². The van der Waals surface area contributed by atoms with Crippen LogP contribution in [0.25, 0.3) is 0 Å². The molecule has 1 N–H and O–H groups in total. The predicted molar refractivity (Wildman–Crippen MR) is 101 cm³/mol.